The van der Waals surface area contributed by atoms with Crippen molar-refractivity contribution in [2.24, 2.45) is 7.05 Å². The number of hydrogen-bond donors (Lipinski definition) is 1. The first-order valence-electron chi connectivity index (χ1n) is 10.7. The van der Waals surface area contributed by atoms with Gasteiger partial charge in [0.05, 0.1) is 12.5 Å². The number of nitrogens with one attached hydrogen (secondary N) is 1. The van der Waals surface area contributed by atoms with Crippen molar-refractivity contribution in [1.29, 1.82) is 0 Å². The highest BCUT2D eigenvalue weighted by Gasteiger charge is 2.42. The minimum absolute atomic E-state index is 0.0632. The zero-order valence-electron chi connectivity index (χ0n) is 18.3. The summed E-state index contributed by atoms with van der Waals surface area (Å²) in [5, 5.41) is 4.32. The Morgan fingerprint density at radius 2 is 2.03 bits per heavy atom. The van der Waals surface area contributed by atoms with Crippen molar-refractivity contribution in [3.05, 3.63) is 65.6 Å². The number of nitrogens with zero attached hydrogens (tertiary/aromatic N) is 1. The smallest absolute Gasteiger partial charge is 0.231 e. The molecule has 2 heterocycles. The van der Waals surface area contributed by atoms with E-state index in [4.69, 9.17) is 9.47 Å². The van der Waals surface area contributed by atoms with E-state index >= 15 is 0 Å². The highest BCUT2D eigenvalue weighted by Crippen LogP contribution is 2.36. The van der Waals surface area contributed by atoms with E-state index in [9.17, 15) is 9.18 Å². The third-order valence-electron chi connectivity index (χ3n) is 6.34. The van der Waals surface area contributed by atoms with Crippen LogP contribution in [0.1, 0.15) is 30.9 Å². The molecule has 5 nitrogen and oxygen atoms in total. The molecule has 1 aromatic heterocycles. The zero-order valence-corrected chi connectivity index (χ0v) is 18.3. The van der Waals surface area contributed by atoms with Crippen LogP contribution >= 0.6 is 0 Å². The molecule has 4 rings (SSSR count). The molecule has 1 saturated heterocycles. The van der Waals surface area contributed by atoms with Gasteiger partial charge in [-0.1, -0.05) is 12.1 Å². The van der Waals surface area contributed by atoms with E-state index in [1.54, 1.807) is 13.2 Å². The summed E-state index contributed by atoms with van der Waals surface area (Å²) in [6, 6.07) is 12.3. The van der Waals surface area contributed by atoms with Crippen LogP contribution in [0.5, 0.6) is 5.75 Å². The summed E-state index contributed by atoms with van der Waals surface area (Å²) in [7, 11) is 3.68. The van der Waals surface area contributed by atoms with E-state index in [-0.39, 0.29) is 17.8 Å². The predicted molar refractivity (Wildman–Crippen MR) is 119 cm³/mol. The largest absolute Gasteiger partial charge is 0.497 e. The number of rotatable bonds is 6. The van der Waals surface area contributed by atoms with Gasteiger partial charge in [0.25, 0.3) is 0 Å². The van der Waals surface area contributed by atoms with Crippen molar-refractivity contribution in [3.8, 4) is 5.75 Å². The lowest BCUT2D eigenvalue weighted by molar-refractivity contribution is -0.131. The number of carbonyl (C=O) groups is 1. The molecule has 164 valence electrons. The molecule has 2 aromatic carbocycles. The topological polar surface area (TPSA) is 52.5 Å². The minimum atomic E-state index is -0.767. The Kier molecular flexibility index (Phi) is 6.01. The lowest BCUT2D eigenvalue weighted by atomic mass is 9.73. The second-order valence-corrected chi connectivity index (χ2v) is 8.43. The second kappa shape index (κ2) is 8.71. The van der Waals surface area contributed by atoms with Gasteiger partial charge in [0.15, 0.2) is 0 Å². The minimum Gasteiger partial charge on any atom is -0.497 e. The van der Waals surface area contributed by atoms with Gasteiger partial charge in [-0.3, -0.25) is 4.79 Å². The van der Waals surface area contributed by atoms with Gasteiger partial charge in [-0.25, -0.2) is 4.39 Å². The summed E-state index contributed by atoms with van der Waals surface area (Å²) in [4.78, 5) is 13.5. The Morgan fingerprint density at radius 1 is 1.26 bits per heavy atom. The molecule has 0 bridgehead atoms. The summed E-state index contributed by atoms with van der Waals surface area (Å²) in [5.41, 5.74) is 2.22. The molecule has 3 aromatic rings. The molecule has 31 heavy (non-hydrogen) atoms. The maximum Gasteiger partial charge on any atom is 0.231 e. The highest BCUT2D eigenvalue weighted by atomic mass is 19.1. The molecular formula is C25H29FN2O3. The van der Waals surface area contributed by atoms with E-state index in [0.717, 1.165) is 27.8 Å². The van der Waals surface area contributed by atoms with Gasteiger partial charge in [-0.05, 0) is 67.6 Å². The molecule has 0 aliphatic carbocycles. The van der Waals surface area contributed by atoms with Crippen LogP contribution in [-0.4, -0.2) is 36.8 Å². The Morgan fingerprint density at radius 3 is 2.74 bits per heavy atom. The maximum atomic E-state index is 13.9. The molecular weight excluding hydrogens is 395 g/mol. The Hall–Kier alpha value is -2.86. The number of hydrogen-bond acceptors (Lipinski definition) is 3. The molecule has 0 unspecified atom stereocenters. The lowest BCUT2D eigenvalue weighted by Gasteiger charge is -2.37. The van der Waals surface area contributed by atoms with Gasteiger partial charge in [-0.2, -0.15) is 0 Å². The van der Waals surface area contributed by atoms with E-state index < -0.39 is 5.41 Å². The molecule has 1 aliphatic heterocycles. The summed E-state index contributed by atoms with van der Waals surface area (Å²) in [6.07, 6.45) is 3.87. The second-order valence-electron chi connectivity index (χ2n) is 8.43. The third-order valence-corrected chi connectivity index (χ3v) is 6.34. The SMILES string of the molecule is COc1ccc2c(c1)c(C[C@@H](C)NC(=O)C1(c3cccc(F)c3)CCOCC1)cn2C. The van der Waals surface area contributed by atoms with Gasteiger partial charge < -0.3 is 19.4 Å². The van der Waals surface area contributed by atoms with Crippen molar-refractivity contribution < 1.29 is 18.7 Å². The summed E-state index contributed by atoms with van der Waals surface area (Å²) in [6.45, 7) is 2.98. The molecule has 1 aliphatic rings. The molecule has 1 atom stereocenters. The normalized spacial score (nSPS) is 16.8. The predicted octanol–water partition coefficient (Wildman–Crippen LogP) is 4.12. The van der Waals surface area contributed by atoms with Crippen LogP contribution < -0.4 is 10.1 Å². The first-order valence-corrected chi connectivity index (χ1v) is 10.7. The number of benzene rings is 2. The van der Waals surface area contributed by atoms with Gasteiger partial charge >= 0.3 is 0 Å². The van der Waals surface area contributed by atoms with Gasteiger partial charge in [-0.15, -0.1) is 0 Å². The van der Waals surface area contributed by atoms with E-state index in [1.807, 2.05) is 38.2 Å². The van der Waals surface area contributed by atoms with Crippen molar-refractivity contribution in [1.82, 2.24) is 9.88 Å². The Labute approximate surface area is 182 Å². The van der Waals surface area contributed by atoms with Crippen LogP contribution in [0.15, 0.2) is 48.7 Å². The fourth-order valence-corrected chi connectivity index (χ4v) is 4.64. The lowest BCUT2D eigenvalue weighted by Crippen LogP contribution is -2.50. The van der Waals surface area contributed by atoms with Crippen molar-refractivity contribution in [2.45, 2.75) is 37.6 Å². The van der Waals surface area contributed by atoms with Crippen molar-refractivity contribution in [3.63, 3.8) is 0 Å². The Balaban J connectivity index is 1.57. The molecule has 1 fully saturated rings. The highest BCUT2D eigenvalue weighted by molar-refractivity contribution is 5.89. The van der Waals surface area contributed by atoms with Gasteiger partial charge in [0.1, 0.15) is 11.6 Å². The van der Waals surface area contributed by atoms with Crippen LogP contribution in [0.3, 0.4) is 0 Å². The summed E-state index contributed by atoms with van der Waals surface area (Å²) < 4.78 is 26.9. The van der Waals surface area contributed by atoms with Crippen LogP contribution in [-0.2, 0) is 28.4 Å². The number of halogens is 1. The Bertz CT molecular complexity index is 1090. The summed E-state index contributed by atoms with van der Waals surface area (Å²) >= 11 is 0. The van der Waals surface area contributed by atoms with Crippen LogP contribution in [0.2, 0.25) is 0 Å². The quantitative estimate of drug-likeness (QED) is 0.648. The first kappa shape index (κ1) is 21.4. The van der Waals surface area contributed by atoms with E-state index in [1.165, 1.54) is 12.1 Å². The number of fused-ring (bicyclic) bond motifs is 1. The fraction of sp³-hybridized carbons (Fsp3) is 0.400. The number of methoxy groups -OCH3 is 1. The van der Waals surface area contributed by atoms with Gasteiger partial charge in [0.2, 0.25) is 5.91 Å². The molecule has 1 N–H and O–H groups in total. The standard InChI is InChI=1S/C25H29FN2O3/c1-17(13-18-16-28(2)23-8-7-21(30-3)15-22(18)23)27-24(29)25(9-11-31-12-10-25)19-5-4-6-20(26)14-19/h4-8,14-17H,9-13H2,1-3H3,(H,27,29)/t17-/m1/s1. The fourth-order valence-electron chi connectivity index (χ4n) is 4.64. The number of aryl methyl sites for hydroxylation is 1. The van der Waals surface area contributed by atoms with Gasteiger partial charge in [0, 0.05) is 43.4 Å². The molecule has 6 heteroatoms. The van der Waals surface area contributed by atoms with Crippen molar-refractivity contribution >= 4 is 16.8 Å². The van der Waals surface area contributed by atoms with Crippen LogP contribution in [0.25, 0.3) is 10.9 Å². The van der Waals surface area contributed by atoms with Crippen molar-refractivity contribution in [2.75, 3.05) is 20.3 Å². The molecule has 1 amide bonds. The molecule has 0 saturated carbocycles. The van der Waals surface area contributed by atoms with E-state index in [0.29, 0.717) is 32.5 Å². The molecule has 0 spiro atoms. The first-order chi connectivity index (χ1) is 14.9. The maximum absolute atomic E-state index is 13.9. The average molecular weight is 425 g/mol. The number of ether oxygens (including phenoxy) is 2. The van der Waals surface area contributed by atoms with Crippen LogP contribution in [0.4, 0.5) is 4.39 Å². The average Bonchev–Trinajstić information content (AvgIpc) is 3.08. The monoisotopic (exact) mass is 424 g/mol. The zero-order chi connectivity index (χ0) is 22.0. The third kappa shape index (κ3) is 4.17. The van der Waals surface area contributed by atoms with E-state index in [2.05, 4.69) is 16.1 Å². The number of aromatic nitrogens is 1. The number of carbonyl (C=O) groups excluding carboxylic acids is 1. The van der Waals surface area contributed by atoms with Crippen LogP contribution in [0, 0.1) is 5.82 Å². The summed E-state index contributed by atoms with van der Waals surface area (Å²) in [5.74, 6) is 0.421. The number of amides is 1. The molecule has 0 radical (unpaired) electrons.